The third-order valence-electron chi connectivity index (χ3n) is 3.14. The Bertz CT molecular complexity index is 588. The maximum atomic E-state index is 12.2. The molecule has 0 bridgehead atoms. The van der Waals surface area contributed by atoms with E-state index in [1.807, 2.05) is 0 Å². The van der Waals surface area contributed by atoms with Gasteiger partial charge in [-0.2, -0.15) is 0 Å². The zero-order chi connectivity index (χ0) is 15.4. The summed E-state index contributed by atoms with van der Waals surface area (Å²) < 4.78 is 4.81. The molecule has 112 valence electrons. The van der Waals surface area contributed by atoms with Gasteiger partial charge < -0.3 is 10.1 Å². The lowest BCUT2D eigenvalue weighted by atomic mass is 10.1. The molecule has 0 aliphatic carbocycles. The Morgan fingerprint density at radius 1 is 1.33 bits per heavy atom. The molecule has 1 aromatic carbocycles. The van der Waals surface area contributed by atoms with Crippen LogP contribution in [0.3, 0.4) is 0 Å². The topological polar surface area (TPSA) is 75.7 Å². The van der Waals surface area contributed by atoms with E-state index in [4.69, 9.17) is 16.3 Å². The van der Waals surface area contributed by atoms with Crippen LogP contribution in [0, 0.1) is 0 Å². The number of carbonyl (C=O) groups is 3. The predicted molar refractivity (Wildman–Crippen MR) is 76.3 cm³/mol. The Kier molecular flexibility index (Phi) is 4.93. The molecule has 7 heteroatoms. The van der Waals surface area contributed by atoms with Crippen LogP contribution in [0.25, 0.3) is 0 Å². The number of methoxy groups -OCH3 is 1. The fourth-order valence-corrected chi connectivity index (χ4v) is 2.35. The molecule has 1 N–H and O–H groups in total. The number of hydrogen-bond donors (Lipinski definition) is 1. The van der Waals surface area contributed by atoms with Crippen LogP contribution in [0.2, 0.25) is 5.02 Å². The standard InChI is InChI=1S/C14H15ClN2O4/c1-21-8-6-16-11(18)5-7-17-13(19)9-3-2-4-10(15)12(9)14(17)20/h2-4H,5-8H2,1H3,(H,16,18). The van der Waals surface area contributed by atoms with Crippen molar-refractivity contribution in [2.75, 3.05) is 26.8 Å². The Hall–Kier alpha value is -1.92. The summed E-state index contributed by atoms with van der Waals surface area (Å²) in [5.41, 5.74) is 0.497. The first-order valence-electron chi connectivity index (χ1n) is 6.46. The van der Waals surface area contributed by atoms with Crippen molar-refractivity contribution in [3.8, 4) is 0 Å². The molecule has 1 heterocycles. The monoisotopic (exact) mass is 310 g/mol. The number of carbonyl (C=O) groups excluding carboxylic acids is 3. The highest BCUT2D eigenvalue weighted by Gasteiger charge is 2.36. The van der Waals surface area contributed by atoms with Crippen LogP contribution < -0.4 is 5.32 Å². The highest BCUT2D eigenvalue weighted by atomic mass is 35.5. The summed E-state index contributed by atoms with van der Waals surface area (Å²) in [6.45, 7) is 0.832. The van der Waals surface area contributed by atoms with E-state index in [1.54, 1.807) is 18.2 Å². The third-order valence-corrected chi connectivity index (χ3v) is 3.45. The van der Waals surface area contributed by atoms with E-state index < -0.39 is 11.8 Å². The van der Waals surface area contributed by atoms with Crippen LogP contribution in [0.1, 0.15) is 27.1 Å². The molecule has 0 fully saturated rings. The average molecular weight is 311 g/mol. The molecule has 0 unspecified atom stereocenters. The smallest absolute Gasteiger partial charge is 0.263 e. The summed E-state index contributed by atoms with van der Waals surface area (Å²) >= 11 is 5.95. The summed E-state index contributed by atoms with van der Waals surface area (Å²) in [6, 6.07) is 4.74. The molecule has 3 amide bonds. The second-order valence-corrected chi connectivity index (χ2v) is 4.92. The van der Waals surface area contributed by atoms with Crippen LogP contribution in [0.5, 0.6) is 0 Å². The lowest BCUT2D eigenvalue weighted by Gasteiger charge is -2.13. The molecule has 1 aromatic rings. The molecule has 1 aliphatic heterocycles. The van der Waals surface area contributed by atoms with Gasteiger partial charge in [0.15, 0.2) is 0 Å². The minimum absolute atomic E-state index is 0.0293. The van der Waals surface area contributed by atoms with Crippen LogP contribution in [0.4, 0.5) is 0 Å². The first-order valence-corrected chi connectivity index (χ1v) is 6.84. The van der Waals surface area contributed by atoms with E-state index in [0.29, 0.717) is 13.2 Å². The van der Waals surface area contributed by atoms with Crippen LogP contribution in [-0.4, -0.2) is 49.4 Å². The molecule has 0 saturated heterocycles. The zero-order valence-corrected chi connectivity index (χ0v) is 12.3. The predicted octanol–water partition coefficient (Wildman–Crippen LogP) is 1.09. The number of ether oxygens (including phenoxy) is 1. The number of imide groups is 1. The van der Waals surface area contributed by atoms with Gasteiger partial charge in [0, 0.05) is 26.6 Å². The maximum Gasteiger partial charge on any atom is 0.263 e. The minimum atomic E-state index is -0.453. The molecule has 21 heavy (non-hydrogen) atoms. The number of amides is 3. The van der Waals surface area contributed by atoms with Crippen molar-refractivity contribution in [3.05, 3.63) is 34.3 Å². The molecule has 0 atom stereocenters. The molecule has 0 radical (unpaired) electrons. The molecule has 0 aromatic heterocycles. The van der Waals surface area contributed by atoms with E-state index in [9.17, 15) is 14.4 Å². The van der Waals surface area contributed by atoms with Gasteiger partial charge in [0.2, 0.25) is 5.91 Å². The van der Waals surface area contributed by atoms with Crippen molar-refractivity contribution >= 4 is 29.3 Å². The number of rotatable bonds is 6. The van der Waals surface area contributed by atoms with E-state index in [1.165, 1.54) is 7.11 Å². The summed E-state index contributed by atoms with van der Waals surface area (Å²) in [6.07, 6.45) is 0.0484. The van der Waals surface area contributed by atoms with Crippen molar-refractivity contribution in [1.82, 2.24) is 10.2 Å². The number of nitrogens with one attached hydrogen (secondary N) is 1. The van der Waals surface area contributed by atoms with Crippen molar-refractivity contribution in [2.24, 2.45) is 0 Å². The van der Waals surface area contributed by atoms with Crippen molar-refractivity contribution in [2.45, 2.75) is 6.42 Å². The second kappa shape index (κ2) is 6.69. The van der Waals surface area contributed by atoms with Gasteiger partial charge in [-0.15, -0.1) is 0 Å². The van der Waals surface area contributed by atoms with E-state index >= 15 is 0 Å². The number of nitrogens with zero attached hydrogens (tertiary/aromatic N) is 1. The molecule has 6 nitrogen and oxygen atoms in total. The fraction of sp³-hybridized carbons (Fsp3) is 0.357. The maximum absolute atomic E-state index is 12.2. The summed E-state index contributed by atoms with van der Waals surface area (Å²) in [5, 5.41) is 2.88. The fourth-order valence-electron chi connectivity index (χ4n) is 2.09. The lowest BCUT2D eigenvalue weighted by Crippen LogP contribution is -2.35. The van der Waals surface area contributed by atoms with Crippen molar-refractivity contribution in [3.63, 3.8) is 0 Å². The van der Waals surface area contributed by atoms with Gasteiger partial charge in [-0.3, -0.25) is 19.3 Å². The van der Waals surface area contributed by atoms with Gasteiger partial charge in [0.1, 0.15) is 0 Å². The number of hydrogen-bond acceptors (Lipinski definition) is 4. The summed E-state index contributed by atoms with van der Waals surface area (Å²) in [7, 11) is 1.54. The first-order chi connectivity index (χ1) is 10.1. The number of fused-ring (bicyclic) bond motifs is 1. The highest BCUT2D eigenvalue weighted by molar-refractivity contribution is 6.37. The summed E-state index contributed by atoms with van der Waals surface area (Å²) in [5.74, 6) is -1.11. The number of halogens is 1. The molecule has 1 aliphatic rings. The normalized spacial score (nSPS) is 13.5. The molecular formula is C14H15ClN2O4. The van der Waals surface area contributed by atoms with Crippen LogP contribution in [-0.2, 0) is 9.53 Å². The van der Waals surface area contributed by atoms with Gasteiger partial charge in [0.25, 0.3) is 11.8 Å². The molecule has 0 spiro atoms. The Balaban J connectivity index is 1.98. The van der Waals surface area contributed by atoms with E-state index in [-0.39, 0.29) is 35.0 Å². The van der Waals surface area contributed by atoms with Gasteiger partial charge >= 0.3 is 0 Å². The molecule has 2 rings (SSSR count). The Morgan fingerprint density at radius 3 is 2.76 bits per heavy atom. The second-order valence-electron chi connectivity index (χ2n) is 4.52. The SMILES string of the molecule is COCCNC(=O)CCN1C(=O)c2cccc(Cl)c2C1=O. The van der Waals surface area contributed by atoms with Crippen molar-refractivity contribution in [1.29, 1.82) is 0 Å². The van der Waals surface area contributed by atoms with Crippen molar-refractivity contribution < 1.29 is 19.1 Å². The Labute approximate surface area is 127 Å². The molecule has 0 saturated carbocycles. The molecular weight excluding hydrogens is 296 g/mol. The van der Waals surface area contributed by atoms with E-state index in [0.717, 1.165) is 4.90 Å². The first kappa shape index (κ1) is 15.5. The van der Waals surface area contributed by atoms with Gasteiger partial charge in [0.05, 0.1) is 22.8 Å². The van der Waals surface area contributed by atoms with Gasteiger partial charge in [-0.1, -0.05) is 17.7 Å². The van der Waals surface area contributed by atoms with Gasteiger partial charge in [-0.25, -0.2) is 0 Å². The highest BCUT2D eigenvalue weighted by Crippen LogP contribution is 2.28. The van der Waals surface area contributed by atoms with Crippen LogP contribution in [0.15, 0.2) is 18.2 Å². The van der Waals surface area contributed by atoms with Crippen LogP contribution >= 0.6 is 11.6 Å². The minimum Gasteiger partial charge on any atom is -0.383 e. The quantitative estimate of drug-likeness (QED) is 0.630. The zero-order valence-electron chi connectivity index (χ0n) is 11.5. The average Bonchev–Trinajstić information content (AvgIpc) is 2.70. The number of benzene rings is 1. The van der Waals surface area contributed by atoms with Gasteiger partial charge in [-0.05, 0) is 12.1 Å². The Morgan fingerprint density at radius 2 is 2.10 bits per heavy atom. The summed E-state index contributed by atoms with van der Waals surface area (Å²) in [4.78, 5) is 36.9. The largest absolute Gasteiger partial charge is 0.383 e. The lowest BCUT2D eigenvalue weighted by molar-refractivity contribution is -0.121. The van der Waals surface area contributed by atoms with E-state index in [2.05, 4.69) is 5.32 Å². The third kappa shape index (κ3) is 3.22.